The lowest BCUT2D eigenvalue weighted by molar-refractivity contribution is 0.825. The van der Waals surface area contributed by atoms with Crippen molar-refractivity contribution in [2.75, 3.05) is 18.0 Å². The fraction of sp³-hybridized carbons (Fsp3) is 0.444. The number of anilines is 1. The first-order valence-corrected chi connectivity index (χ1v) is 5.25. The summed E-state index contributed by atoms with van der Waals surface area (Å²) in [7, 11) is 0. The smallest absolute Gasteiger partial charge is 0.228 e. The molecule has 0 saturated carbocycles. The van der Waals surface area contributed by atoms with Gasteiger partial charge >= 0.3 is 0 Å². The van der Waals surface area contributed by atoms with Crippen LogP contribution in [-0.4, -0.2) is 33.0 Å². The molecular formula is C9H12ClN5. The molecule has 2 rings (SSSR count). The highest BCUT2D eigenvalue weighted by Crippen LogP contribution is 2.19. The summed E-state index contributed by atoms with van der Waals surface area (Å²) in [4.78, 5) is 17.6. The van der Waals surface area contributed by atoms with E-state index in [1.54, 1.807) is 6.33 Å². The summed E-state index contributed by atoms with van der Waals surface area (Å²) in [6.45, 7) is 5.80. The molecule has 0 saturated heterocycles. The quantitative estimate of drug-likeness (QED) is 0.810. The summed E-state index contributed by atoms with van der Waals surface area (Å²) >= 11 is 6.01. The van der Waals surface area contributed by atoms with Crippen LogP contribution >= 0.6 is 11.6 Å². The molecule has 5 nitrogen and oxygen atoms in total. The largest absolute Gasteiger partial charge is 0.341 e. The molecule has 0 aliphatic rings. The average Bonchev–Trinajstić information content (AvgIpc) is 2.68. The van der Waals surface area contributed by atoms with Crippen LogP contribution in [0.5, 0.6) is 0 Å². The van der Waals surface area contributed by atoms with Crippen molar-refractivity contribution in [3.05, 3.63) is 11.5 Å². The number of hydrogen-bond donors (Lipinski definition) is 1. The zero-order chi connectivity index (χ0) is 10.8. The summed E-state index contributed by atoms with van der Waals surface area (Å²) in [6, 6.07) is 0. The summed E-state index contributed by atoms with van der Waals surface area (Å²) < 4.78 is 0. The topological polar surface area (TPSA) is 57.7 Å². The molecule has 0 aliphatic carbocycles. The van der Waals surface area contributed by atoms with Crippen molar-refractivity contribution in [2.45, 2.75) is 13.8 Å². The van der Waals surface area contributed by atoms with Crippen molar-refractivity contribution in [1.82, 2.24) is 19.9 Å². The van der Waals surface area contributed by atoms with Gasteiger partial charge in [0.2, 0.25) is 5.95 Å². The molecule has 0 bridgehead atoms. The van der Waals surface area contributed by atoms with Gasteiger partial charge in [0.05, 0.1) is 6.33 Å². The van der Waals surface area contributed by atoms with Gasteiger partial charge in [-0.15, -0.1) is 0 Å². The lowest BCUT2D eigenvalue weighted by atomic mass is 10.5. The number of halogens is 1. The van der Waals surface area contributed by atoms with Gasteiger partial charge in [-0.05, 0) is 13.8 Å². The van der Waals surface area contributed by atoms with E-state index in [9.17, 15) is 0 Å². The molecule has 0 atom stereocenters. The van der Waals surface area contributed by atoms with Gasteiger partial charge in [-0.25, -0.2) is 4.98 Å². The van der Waals surface area contributed by atoms with E-state index in [2.05, 4.69) is 33.8 Å². The molecule has 80 valence electrons. The van der Waals surface area contributed by atoms with Gasteiger partial charge in [0.15, 0.2) is 10.8 Å². The molecule has 2 aromatic rings. The minimum Gasteiger partial charge on any atom is -0.341 e. The lowest BCUT2D eigenvalue weighted by Crippen LogP contribution is -2.24. The number of rotatable bonds is 3. The molecule has 0 aliphatic heterocycles. The Morgan fingerprint density at radius 2 is 2.07 bits per heavy atom. The van der Waals surface area contributed by atoms with E-state index in [1.807, 2.05) is 4.90 Å². The Balaban J connectivity index is 2.52. The highest BCUT2D eigenvalue weighted by atomic mass is 35.5. The first kappa shape index (κ1) is 10.2. The second kappa shape index (κ2) is 4.02. The van der Waals surface area contributed by atoms with Crippen LogP contribution in [0.1, 0.15) is 13.8 Å². The second-order valence-electron chi connectivity index (χ2n) is 3.09. The number of H-pyrrole nitrogens is 1. The summed E-state index contributed by atoms with van der Waals surface area (Å²) in [5.74, 6) is 0.629. The average molecular weight is 226 g/mol. The highest BCUT2D eigenvalue weighted by molar-refractivity contribution is 6.33. The van der Waals surface area contributed by atoms with Crippen LogP contribution in [0.4, 0.5) is 5.95 Å². The van der Waals surface area contributed by atoms with Gasteiger partial charge < -0.3 is 9.88 Å². The Morgan fingerprint density at radius 3 is 2.73 bits per heavy atom. The maximum atomic E-state index is 6.01. The third kappa shape index (κ3) is 1.74. The molecule has 6 heteroatoms. The van der Waals surface area contributed by atoms with Gasteiger partial charge in [0, 0.05) is 13.1 Å². The maximum Gasteiger partial charge on any atom is 0.228 e. The van der Waals surface area contributed by atoms with E-state index in [-0.39, 0.29) is 0 Å². The van der Waals surface area contributed by atoms with Gasteiger partial charge in [-0.3, -0.25) is 0 Å². The van der Waals surface area contributed by atoms with Crippen LogP contribution in [-0.2, 0) is 0 Å². The van der Waals surface area contributed by atoms with Crippen LogP contribution in [0.15, 0.2) is 6.33 Å². The number of nitrogens with one attached hydrogen (secondary N) is 1. The van der Waals surface area contributed by atoms with E-state index in [0.717, 1.165) is 13.1 Å². The lowest BCUT2D eigenvalue weighted by Gasteiger charge is -2.17. The first-order valence-electron chi connectivity index (χ1n) is 4.87. The number of aromatic nitrogens is 4. The van der Waals surface area contributed by atoms with E-state index in [4.69, 9.17) is 11.6 Å². The van der Waals surface area contributed by atoms with Crippen molar-refractivity contribution < 1.29 is 0 Å². The van der Waals surface area contributed by atoms with Crippen LogP contribution < -0.4 is 4.90 Å². The first-order chi connectivity index (χ1) is 7.26. The fourth-order valence-corrected chi connectivity index (χ4v) is 1.65. The van der Waals surface area contributed by atoms with Crippen LogP contribution in [0.2, 0.25) is 5.15 Å². The number of fused-ring (bicyclic) bond motifs is 1. The molecule has 0 amide bonds. The van der Waals surface area contributed by atoms with Crippen LogP contribution in [0, 0.1) is 0 Å². The number of hydrogen-bond acceptors (Lipinski definition) is 4. The zero-order valence-electron chi connectivity index (χ0n) is 8.66. The molecule has 2 heterocycles. The van der Waals surface area contributed by atoms with Crippen molar-refractivity contribution in [3.8, 4) is 0 Å². The predicted octanol–water partition coefficient (Wildman–Crippen LogP) is 1.85. The Morgan fingerprint density at radius 1 is 1.33 bits per heavy atom. The standard InChI is InChI=1S/C9H12ClN5/c1-3-15(4-2)9-13-7(10)6-8(14-9)12-5-11-6/h5H,3-4H2,1-2H3,(H,11,12,13,14). The van der Waals surface area contributed by atoms with Crippen molar-refractivity contribution >= 4 is 28.7 Å². The maximum absolute atomic E-state index is 6.01. The third-order valence-electron chi connectivity index (χ3n) is 2.28. The van der Waals surface area contributed by atoms with E-state index >= 15 is 0 Å². The molecule has 0 aromatic carbocycles. The Hall–Kier alpha value is -1.36. The number of aromatic amines is 1. The molecule has 15 heavy (non-hydrogen) atoms. The van der Waals surface area contributed by atoms with Gasteiger partial charge in [0.1, 0.15) is 5.52 Å². The summed E-state index contributed by atoms with van der Waals surface area (Å²) in [6.07, 6.45) is 1.57. The van der Waals surface area contributed by atoms with Crippen molar-refractivity contribution in [3.63, 3.8) is 0 Å². The van der Waals surface area contributed by atoms with Crippen molar-refractivity contribution in [1.29, 1.82) is 0 Å². The Bertz CT molecular complexity index is 462. The Kier molecular flexibility index (Phi) is 2.73. The van der Waals surface area contributed by atoms with E-state index in [1.165, 1.54) is 0 Å². The molecular weight excluding hydrogens is 214 g/mol. The number of nitrogens with zero attached hydrogens (tertiary/aromatic N) is 4. The zero-order valence-corrected chi connectivity index (χ0v) is 9.41. The van der Waals surface area contributed by atoms with Crippen molar-refractivity contribution in [2.24, 2.45) is 0 Å². The fourth-order valence-electron chi connectivity index (χ4n) is 1.43. The summed E-state index contributed by atoms with van der Waals surface area (Å²) in [5.41, 5.74) is 1.30. The third-order valence-corrected chi connectivity index (χ3v) is 2.55. The van der Waals surface area contributed by atoms with Crippen LogP contribution in [0.25, 0.3) is 11.2 Å². The molecule has 0 unspecified atom stereocenters. The number of imidazole rings is 1. The summed E-state index contributed by atoms with van der Waals surface area (Å²) in [5, 5.41) is 0.416. The normalized spacial score (nSPS) is 10.9. The molecule has 0 radical (unpaired) electrons. The van der Waals surface area contributed by atoms with Gasteiger partial charge in [-0.2, -0.15) is 9.97 Å². The SMILES string of the molecule is CCN(CC)c1nc(Cl)c2[nH]cnc2n1. The van der Waals surface area contributed by atoms with E-state index in [0.29, 0.717) is 22.3 Å². The monoisotopic (exact) mass is 225 g/mol. The second-order valence-corrected chi connectivity index (χ2v) is 3.45. The molecule has 0 spiro atoms. The Labute approximate surface area is 92.5 Å². The van der Waals surface area contributed by atoms with Gasteiger partial charge in [0.25, 0.3) is 0 Å². The predicted molar refractivity (Wildman–Crippen MR) is 60.3 cm³/mol. The van der Waals surface area contributed by atoms with Crippen LogP contribution in [0.3, 0.4) is 0 Å². The highest BCUT2D eigenvalue weighted by Gasteiger charge is 2.11. The minimum absolute atomic E-state index is 0.416. The molecule has 1 N–H and O–H groups in total. The molecule has 0 fully saturated rings. The van der Waals surface area contributed by atoms with E-state index < -0.39 is 0 Å². The van der Waals surface area contributed by atoms with Gasteiger partial charge in [-0.1, -0.05) is 11.6 Å². The molecule has 2 aromatic heterocycles. The minimum atomic E-state index is 0.416.